The average Bonchev–Trinajstić information content (AvgIpc) is 2.08. The van der Waals surface area contributed by atoms with Crippen molar-refractivity contribution in [3.8, 4) is 0 Å². The first-order chi connectivity index (χ1) is 7.20. The summed E-state index contributed by atoms with van der Waals surface area (Å²) >= 11 is 0. The molecule has 0 aromatic rings. The van der Waals surface area contributed by atoms with Gasteiger partial charge in [0, 0.05) is 19.6 Å². The zero-order valence-corrected chi connectivity index (χ0v) is 10.4. The predicted octanol–water partition coefficient (Wildman–Crippen LogP) is 0.628. The summed E-state index contributed by atoms with van der Waals surface area (Å²) in [7, 11) is 3.48. The van der Waals surface area contributed by atoms with Gasteiger partial charge >= 0.3 is 6.09 Å². The van der Waals surface area contributed by atoms with Crippen molar-refractivity contribution >= 4 is 18.3 Å². The van der Waals surface area contributed by atoms with E-state index in [1.807, 2.05) is 20.8 Å². The fourth-order valence-electron chi connectivity index (χ4n) is 0.687. The zero-order valence-electron chi connectivity index (χ0n) is 10.4. The van der Waals surface area contributed by atoms with Crippen LogP contribution in [0.5, 0.6) is 0 Å². The molecule has 16 heavy (non-hydrogen) atoms. The van der Waals surface area contributed by atoms with Crippen LogP contribution in [0.15, 0.2) is 4.99 Å². The maximum atomic E-state index is 11.2. The highest BCUT2D eigenvalue weighted by Crippen LogP contribution is 1.98. The smallest absolute Gasteiger partial charge is 0.408 e. The molecule has 92 valence electrons. The average molecular weight is 229 g/mol. The third-order valence-corrected chi connectivity index (χ3v) is 1.24. The summed E-state index contributed by atoms with van der Waals surface area (Å²) in [6.45, 7) is 5.10. The molecule has 6 nitrogen and oxygen atoms in total. The van der Waals surface area contributed by atoms with Crippen LogP contribution in [0, 0.1) is 0 Å². The quantitative estimate of drug-likeness (QED) is 0.569. The predicted molar refractivity (Wildman–Crippen MR) is 61.4 cm³/mol. The minimum absolute atomic E-state index is 0.355. The van der Waals surface area contributed by atoms with Gasteiger partial charge in [-0.15, -0.1) is 0 Å². The van der Waals surface area contributed by atoms with Crippen LogP contribution >= 0.6 is 0 Å². The number of carbonyl (C=O) groups excluding carboxylic acids is 2. The van der Waals surface area contributed by atoms with E-state index in [1.54, 1.807) is 19.0 Å². The van der Waals surface area contributed by atoms with Gasteiger partial charge in [0.1, 0.15) is 0 Å². The van der Waals surface area contributed by atoms with E-state index in [2.05, 4.69) is 15.0 Å². The summed E-state index contributed by atoms with van der Waals surface area (Å²) in [5.74, 6) is -0.502. The maximum Gasteiger partial charge on any atom is 0.408 e. The Morgan fingerprint density at radius 1 is 1.38 bits per heavy atom. The van der Waals surface area contributed by atoms with E-state index in [1.165, 1.54) is 6.34 Å². The van der Waals surface area contributed by atoms with Gasteiger partial charge in [-0.1, -0.05) is 0 Å². The molecule has 0 aromatic carbocycles. The highest BCUT2D eigenvalue weighted by molar-refractivity contribution is 5.86. The van der Waals surface area contributed by atoms with E-state index in [4.69, 9.17) is 0 Å². The topological polar surface area (TPSA) is 71.0 Å². The fraction of sp³-hybridized carbons (Fsp3) is 0.700. The normalized spacial score (nSPS) is 11.3. The van der Waals surface area contributed by atoms with E-state index in [0.29, 0.717) is 0 Å². The molecule has 0 rings (SSSR count). The van der Waals surface area contributed by atoms with Gasteiger partial charge in [0.2, 0.25) is 0 Å². The summed E-state index contributed by atoms with van der Waals surface area (Å²) < 4.78 is 4.68. The molecule has 0 fully saturated rings. The molecule has 0 aliphatic rings. The van der Waals surface area contributed by atoms with Gasteiger partial charge in [0.15, 0.2) is 6.61 Å². The van der Waals surface area contributed by atoms with Crippen molar-refractivity contribution in [3.63, 3.8) is 0 Å². The fourth-order valence-corrected chi connectivity index (χ4v) is 0.687. The van der Waals surface area contributed by atoms with Crippen LogP contribution in [-0.4, -0.2) is 49.5 Å². The second-order valence-corrected chi connectivity index (χ2v) is 4.55. The molecule has 0 bridgehead atoms. The zero-order chi connectivity index (χ0) is 12.8. The number of amides is 2. The number of ether oxygens (including phenoxy) is 1. The van der Waals surface area contributed by atoms with Crippen LogP contribution in [0.3, 0.4) is 0 Å². The Kier molecular flexibility index (Phi) is 5.49. The molecule has 0 aliphatic carbocycles. The van der Waals surface area contributed by atoms with Gasteiger partial charge in [0.05, 0.1) is 6.34 Å². The van der Waals surface area contributed by atoms with Crippen LogP contribution in [0.1, 0.15) is 20.8 Å². The summed E-state index contributed by atoms with van der Waals surface area (Å²) in [6, 6.07) is 0. The molecule has 0 aromatic heterocycles. The number of alkyl carbamates (subject to hydrolysis) is 1. The Hall–Kier alpha value is -1.59. The van der Waals surface area contributed by atoms with E-state index in [0.717, 1.165) is 0 Å². The van der Waals surface area contributed by atoms with Crippen molar-refractivity contribution in [1.82, 2.24) is 10.2 Å². The molecule has 6 heteroatoms. The maximum absolute atomic E-state index is 11.2. The first kappa shape index (κ1) is 14.4. The molecule has 0 unspecified atom stereocenters. The molecule has 0 saturated carbocycles. The second-order valence-electron chi connectivity index (χ2n) is 4.55. The number of nitrogens with one attached hydrogen (secondary N) is 1. The highest BCUT2D eigenvalue weighted by Gasteiger charge is 2.15. The molecule has 2 amide bonds. The molecule has 0 heterocycles. The number of nitrogens with zero attached hydrogens (tertiary/aromatic N) is 2. The van der Waals surface area contributed by atoms with E-state index in [-0.39, 0.29) is 12.1 Å². The molecular weight excluding hydrogens is 210 g/mol. The number of hydrogen-bond donors (Lipinski definition) is 1. The van der Waals surface area contributed by atoms with Gasteiger partial charge in [0.25, 0.3) is 5.91 Å². The van der Waals surface area contributed by atoms with E-state index >= 15 is 0 Å². The van der Waals surface area contributed by atoms with E-state index in [9.17, 15) is 9.59 Å². The minimum Gasteiger partial charge on any atom is -0.439 e. The molecule has 0 spiro atoms. The molecule has 0 aliphatic heterocycles. The summed E-state index contributed by atoms with van der Waals surface area (Å²) in [6.07, 6.45) is 0.730. The molecule has 1 N–H and O–H groups in total. The number of hydrogen-bond acceptors (Lipinski definition) is 3. The monoisotopic (exact) mass is 229 g/mol. The van der Waals surface area contributed by atoms with Crippen molar-refractivity contribution in [2.75, 3.05) is 20.7 Å². The first-order valence-electron chi connectivity index (χ1n) is 4.89. The second kappa shape index (κ2) is 6.09. The Morgan fingerprint density at radius 3 is 2.38 bits per heavy atom. The largest absolute Gasteiger partial charge is 0.439 e. The van der Waals surface area contributed by atoms with Crippen LogP contribution in [0.2, 0.25) is 0 Å². The standard InChI is InChI=1S/C10H19N3O3/c1-10(2,3)12-9(15)16-6-8(14)11-7-13(4)5/h7H,6H2,1-5H3,(H,12,15). The van der Waals surface area contributed by atoms with Crippen molar-refractivity contribution in [3.05, 3.63) is 0 Å². The lowest BCUT2D eigenvalue weighted by molar-refractivity contribution is -0.120. The lowest BCUT2D eigenvalue weighted by Crippen LogP contribution is -2.41. The summed E-state index contributed by atoms with van der Waals surface area (Å²) in [4.78, 5) is 27.4. The number of rotatable bonds is 3. The minimum atomic E-state index is -0.624. The van der Waals surface area contributed by atoms with Crippen molar-refractivity contribution in [1.29, 1.82) is 0 Å². The van der Waals surface area contributed by atoms with Crippen LogP contribution in [0.4, 0.5) is 4.79 Å². The van der Waals surface area contributed by atoms with Crippen LogP contribution in [-0.2, 0) is 9.53 Å². The van der Waals surface area contributed by atoms with E-state index < -0.39 is 12.0 Å². The SMILES string of the molecule is CN(C)C=NC(=O)COC(=O)NC(C)(C)C. The van der Waals surface area contributed by atoms with Crippen molar-refractivity contribution in [2.24, 2.45) is 4.99 Å². The van der Waals surface area contributed by atoms with Gasteiger partial charge < -0.3 is 15.0 Å². The Labute approximate surface area is 95.7 Å². The summed E-state index contributed by atoms with van der Waals surface area (Å²) in [5, 5.41) is 2.56. The summed E-state index contributed by atoms with van der Waals surface area (Å²) in [5.41, 5.74) is -0.382. The van der Waals surface area contributed by atoms with Gasteiger partial charge in [-0.25, -0.2) is 9.79 Å². The van der Waals surface area contributed by atoms with Gasteiger partial charge in [-0.2, -0.15) is 0 Å². The molecule has 0 atom stereocenters. The molecular formula is C10H19N3O3. The lowest BCUT2D eigenvalue weighted by Gasteiger charge is -2.19. The van der Waals surface area contributed by atoms with Crippen LogP contribution in [0.25, 0.3) is 0 Å². The van der Waals surface area contributed by atoms with Crippen molar-refractivity contribution < 1.29 is 14.3 Å². The van der Waals surface area contributed by atoms with Crippen molar-refractivity contribution in [2.45, 2.75) is 26.3 Å². The van der Waals surface area contributed by atoms with Crippen LogP contribution < -0.4 is 5.32 Å². The first-order valence-corrected chi connectivity index (χ1v) is 4.89. The Balaban J connectivity index is 3.89. The molecule has 0 saturated heterocycles. The lowest BCUT2D eigenvalue weighted by atomic mass is 10.1. The third kappa shape index (κ3) is 8.98. The molecule has 0 radical (unpaired) electrons. The highest BCUT2D eigenvalue weighted by atomic mass is 16.6. The third-order valence-electron chi connectivity index (χ3n) is 1.24. The number of aliphatic imine (C=N–C) groups is 1. The van der Waals surface area contributed by atoms with Gasteiger partial charge in [-0.3, -0.25) is 4.79 Å². The number of carbonyl (C=O) groups is 2. The van der Waals surface area contributed by atoms with Gasteiger partial charge in [-0.05, 0) is 20.8 Å². The Morgan fingerprint density at radius 2 is 1.94 bits per heavy atom. The Bertz CT molecular complexity index is 280.